The highest BCUT2D eigenvalue weighted by molar-refractivity contribution is 6.01. The van der Waals surface area contributed by atoms with E-state index in [4.69, 9.17) is 15.0 Å². The number of aliphatic hydroxyl groups is 3. The van der Waals surface area contributed by atoms with Crippen molar-refractivity contribution in [1.82, 2.24) is 0 Å². The quantitative estimate of drug-likeness (QED) is 0.451. The maximum Gasteiger partial charge on any atom is 0.503 e. The molecule has 0 radical (unpaired) electrons. The van der Waals surface area contributed by atoms with Crippen LogP contribution in [-0.2, 0) is 9.59 Å². The zero-order chi connectivity index (χ0) is 22.5. The van der Waals surface area contributed by atoms with Crippen LogP contribution in [0.15, 0.2) is 23.8 Å². The molecule has 8 nitrogen and oxygen atoms in total. The molecule has 0 heterocycles. The molecule has 0 spiro atoms. The van der Waals surface area contributed by atoms with Crippen LogP contribution in [0.2, 0.25) is 0 Å². The lowest BCUT2D eigenvalue weighted by Crippen LogP contribution is -2.61. The standard InChI is InChI=1S/C21H28O5.CH2O3/c1-19-7-5-13(23)9-12(19)3-4-14-15-6-8-21(26,17(25)11-22)20(15,2)10-16(24)18(14)19;2-1(3)4/h5,7,9,14-16,18,22,24,26H,3-4,6,8,10-11H2,1-2H3;(H2,2,3,4)/t14-,15-,16-,18+,19-,20-,21-;/m0./s1. The van der Waals surface area contributed by atoms with E-state index in [0.29, 0.717) is 12.8 Å². The summed E-state index contributed by atoms with van der Waals surface area (Å²) in [5.41, 5.74) is -1.54. The molecule has 0 aromatic carbocycles. The monoisotopic (exact) mass is 422 g/mol. The van der Waals surface area contributed by atoms with Crippen molar-refractivity contribution in [3.05, 3.63) is 23.8 Å². The number of aliphatic hydroxyl groups excluding tert-OH is 2. The molecule has 166 valence electrons. The molecular formula is C22H30O8. The minimum atomic E-state index is -1.83. The third-order valence-electron chi connectivity index (χ3n) is 8.25. The molecule has 4 aliphatic carbocycles. The van der Waals surface area contributed by atoms with Crippen molar-refractivity contribution in [2.75, 3.05) is 6.61 Å². The highest BCUT2D eigenvalue weighted by Gasteiger charge is 2.67. The summed E-state index contributed by atoms with van der Waals surface area (Å²) < 4.78 is 0. The van der Waals surface area contributed by atoms with Gasteiger partial charge < -0.3 is 25.5 Å². The Morgan fingerprint density at radius 2 is 1.83 bits per heavy atom. The molecule has 5 N–H and O–H groups in total. The summed E-state index contributed by atoms with van der Waals surface area (Å²) in [5.74, 6) is -0.227. The van der Waals surface area contributed by atoms with Crippen LogP contribution in [0.25, 0.3) is 0 Å². The van der Waals surface area contributed by atoms with Gasteiger partial charge in [-0.1, -0.05) is 25.5 Å². The van der Waals surface area contributed by atoms with Gasteiger partial charge >= 0.3 is 6.16 Å². The summed E-state index contributed by atoms with van der Waals surface area (Å²) in [5, 5.41) is 45.6. The van der Waals surface area contributed by atoms with Crippen LogP contribution in [0, 0.1) is 28.6 Å². The van der Waals surface area contributed by atoms with E-state index in [1.165, 1.54) is 0 Å². The molecule has 8 heteroatoms. The molecule has 30 heavy (non-hydrogen) atoms. The Bertz CT molecular complexity index is 812. The van der Waals surface area contributed by atoms with Crippen molar-refractivity contribution in [2.45, 2.75) is 57.7 Å². The molecule has 4 aliphatic rings. The number of fused-ring (bicyclic) bond motifs is 5. The minimum absolute atomic E-state index is 0.00912. The van der Waals surface area contributed by atoms with E-state index in [-0.39, 0.29) is 29.0 Å². The van der Waals surface area contributed by atoms with E-state index in [1.54, 1.807) is 12.2 Å². The number of hydrogen-bond donors (Lipinski definition) is 5. The van der Waals surface area contributed by atoms with E-state index >= 15 is 0 Å². The molecule has 7 atom stereocenters. The van der Waals surface area contributed by atoms with Gasteiger partial charge in [-0.2, -0.15) is 0 Å². The highest BCUT2D eigenvalue weighted by atomic mass is 16.6. The van der Waals surface area contributed by atoms with E-state index in [0.717, 1.165) is 24.8 Å². The summed E-state index contributed by atoms with van der Waals surface area (Å²) in [4.78, 5) is 32.7. The lowest BCUT2D eigenvalue weighted by molar-refractivity contribution is -0.178. The summed E-state index contributed by atoms with van der Waals surface area (Å²) in [6.45, 7) is 3.34. The number of carbonyl (C=O) groups is 3. The number of ketones is 2. The van der Waals surface area contributed by atoms with Crippen molar-refractivity contribution in [1.29, 1.82) is 0 Å². The second-order valence-corrected chi connectivity index (χ2v) is 9.47. The molecule has 0 aromatic heterocycles. The summed E-state index contributed by atoms with van der Waals surface area (Å²) in [6.07, 6.45) is 5.85. The van der Waals surface area contributed by atoms with E-state index in [9.17, 15) is 24.9 Å². The van der Waals surface area contributed by atoms with Gasteiger partial charge in [0.1, 0.15) is 12.2 Å². The topological polar surface area (TPSA) is 152 Å². The van der Waals surface area contributed by atoms with Gasteiger partial charge in [0.25, 0.3) is 0 Å². The summed E-state index contributed by atoms with van der Waals surface area (Å²) in [6, 6.07) is 0. The predicted octanol–water partition coefficient (Wildman–Crippen LogP) is 1.78. The fraction of sp³-hybridized carbons (Fsp3) is 0.682. The average molecular weight is 422 g/mol. The Morgan fingerprint density at radius 1 is 1.20 bits per heavy atom. The number of allylic oxidation sites excluding steroid dienone is 4. The Kier molecular flexibility index (Phi) is 5.73. The lowest BCUT2D eigenvalue weighted by Gasteiger charge is -2.59. The number of Topliss-reactive ketones (excluding diaryl/α,β-unsaturated/α-hetero) is 1. The summed E-state index contributed by atoms with van der Waals surface area (Å²) >= 11 is 0. The first-order valence-corrected chi connectivity index (χ1v) is 10.3. The molecule has 0 aliphatic heterocycles. The first-order chi connectivity index (χ1) is 13.9. The highest BCUT2D eigenvalue weighted by Crippen LogP contribution is 2.67. The first-order valence-electron chi connectivity index (χ1n) is 10.3. The van der Waals surface area contributed by atoms with Crippen LogP contribution in [0.1, 0.15) is 46.0 Å². The van der Waals surface area contributed by atoms with Crippen LogP contribution < -0.4 is 0 Å². The van der Waals surface area contributed by atoms with Gasteiger partial charge in [0.15, 0.2) is 11.6 Å². The van der Waals surface area contributed by atoms with Gasteiger partial charge in [-0.15, -0.1) is 0 Å². The molecule has 0 amide bonds. The third-order valence-corrected chi connectivity index (χ3v) is 8.25. The molecule has 3 saturated carbocycles. The number of rotatable bonds is 2. The number of hydrogen-bond acceptors (Lipinski definition) is 6. The summed E-state index contributed by atoms with van der Waals surface area (Å²) in [7, 11) is 0. The zero-order valence-electron chi connectivity index (χ0n) is 17.2. The molecule has 0 unspecified atom stereocenters. The largest absolute Gasteiger partial charge is 0.503 e. The van der Waals surface area contributed by atoms with Crippen molar-refractivity contribution >= 4 is 17.7 Å². The number of carboxylic acid groups (broad SMARTS) is 2. The molecule has 0 bridgehead atoms. The van der Waals surface area contributed by atoms with Crippen molar-refractivity contribution in [3.8, 4) is 0 Å². The van der Waals surface area contributed by atoms with Crippen molar-refractivity contribution in [2.24, 2.45) is 28.6 Å². The SMILES string of the molecule is C[C@]12C=CC(=O)C=C1CC[C@@H]1[C@@H]2[C@@H](O)C[C@@]2(C)[C@H]1CC[C@]2(O)C(=O)CO.O=C(O)O. The van der Waals surface area contributed by atoms with Crippen LogP contribution in [0.5, 0.6) is 0 Å². The Labute approximate surface area is 174 Å². The Hall–Kier alpha value is -2.03. The average Bonchev–Trinajstić information content (AvgIpc) is 2.92. The second-order valence-electron chi connectivity index (χ2n) is 9.47. The molecule has 3 fully saturated rings. The second kappa shape index (κ2) is 7.59. The van der Waals surface area contributed by atoms with E-state index in [1.807, 2.05) is 13.0 Å². The first kappa shape index (κ1) is 22.7. The van der Waals surface area contributed by atoms with Crippen LogP contribution in [-0.4, -0.2) is 61.6 Å². The normalized spacial score (nSPS) is 44.0. The van der Waals surface area contributed by atoms with Gasteiger partial charge in [-0.25, -0.2) is 4.79 Å². The van der Waals surface area contributed by atoms with Crippen molar-refractivity contribution in [3.63, 3.8) is 0 Å². The third kappa shape index (κ3) is 3.21. The molecular weight excluding hydrogens is 392 g/mol. The fourth-order valence-electron chi connectivity index (χ4n) is 6.92. The zero-order valence-corrected chi connectivity index (χ0v) is 17.2. The number of carbonyl (C=O) groups excluding carboxylic acids is 2. The lowest BCUT2D eigenvalue weighted by atomic mass is 9.46. The smallest absolute Gasteiger partial charge is 0.450 e. The Balaban J connectivity index is 0.000000589. The Morgan fingerprint density at radius 3 is 2.43 bits per heavy atom. The predicted molar refractivity (Wildman–Crippen MR) is 106 cm³/mol. The van der Waals surface area contributed by atoms with Crippen LogP contribution in [0.4, 0.5) is 4.79 Å². The molecule has 4 rings (SSSR count). The van der Waals surface area contributed by atoms with E-state index in [2.05, 4.69) is 6.92 Å². The minimum Gasteiger partial charge on any atom is -0.450 e. The molecule has 0 saturated heterocycles. The van der Waals surface area contributed by atoms with E-state index < -0.39 is 35.7 Å². The fourth-order valence-corrected chi connectivity index (χ4v) is 6.92. The maximum absolute atomic E-state index is 12.4. The van der Waals surface area contributed by atoms with Gasteiger partial charge in [0.05, 0.1) is 6.10 Å². The molecule has 0 aromatic rings. The van der Waals surface area contributed by atoms with Crippen LogP contribution in [0.3, 0.4) is 0 Å². The van der Waals surface area contributed by atoms with Gasteiger partial charge in [0, 0.05) is 16.7 Å². The maximum atomic E-state index is 12.4. The van der Waals surface area contributed by atoms with Gasteiger partial charge in [-0.3, -0.25) is 9.59 Å². The van der Waals surface area contributed by atoms with Gasteiger partial charge in [-0.05, 0) is 56.1 Å². The van der Waals surface area contributed by atoms with Crippen molar-refractivity contribution < 1.29 is 39.9 Å². The van der Waals surface area contributed by atoms with Crippen LogP contribution >= 0.6 is 0 Å². The van der Waals surface area contributed by atoms with Gasteiger partial charge in [0.2, 0.25) is 0 Å².